The standard InChI is InChI=1S/C13H18N2O2S/c1-10(2)15(8-7-14)18(16,17)13-6-5-11(3)12(4)9-13/h5-6,9-10H,8H2,1-4H3. The lowest BCUT2D eigenvalue weighted by Gasteiger charge is -2.23. The number of hydrogen-bond donors (Lipinski definition) is 0. The Balaban J connectivity index is 3.27. The molecule has 0 spiro atoms. The molecule has 0 amide bonds. The molecular weight excluding hydrogens is 248 g/mol. The lowest BCUT2D eigenvalue weighted by atomic mass is 10.1. The molecular formula is C13H18N2O2S. The van der Waals surface area contributed by atoms with Gasteiger partial charge in [0.2, 0.25) is 10.0 Å². The Kier molecular flexibility index (Phi) is 4.49. The Morgan fingerprint density at radius 3 is 2.33 bits per heavy atom. The summed E-state index contributed by atoms with van der Waals surface area (Å²) in [5.41, 5.74) is 1.97. The lowest BCUT2D eigenvalue weighted by molar-refractivity contribution is 0.385. The van der Waals surface area contributed by atoms with Gasteiger partial charge < -0.3 is 0 Å². The van der Waals surface area contributed by atoms with Gasteiger partial charge in [-0.05, 0) is 51.0 Å². The summed E-state index contributed by atoms with van der Waals surface area (Å²) in [5.74, 6) is 0. The van der Waals surface area contributed by atoms with Crippen molar-refractivity contribution >= 4 is 10.0 Å². The summed E-state index contributed by atoms with van der Waals surface area (Å²) in [7, 11) is -3.59. The minimum Gasteiger partial charge on any atom is -0.207 e. The summed E-state index contributed by atoms with van der Waals surface area (Å²) in [6.07, 6.45) is 0. The summed E-state index contributed by atoms with van der Waals surface area (Å²) < 4.78 is 26.0. The van der Waals surface area contributed by atoms with Crippen LogP contribution in [0.15, 0.2) is 23.1 Å². The van der Waals surface area contributed by atoms with E-state index in [1.54, 1.807) is 32.0 Å². The van der Waals surface area contributed by atoms with Crippen molar-refractivity contribution in [1.82, 2.24) is 4.31 Å². The highest BCUT2D eigenvalue weighted by Crippen LogP contribution is 2.20. The van der Waals surface area contributed by atoms with Gasteiger partial charge in [0.05, 0.1) is 11.0 Å². The molecule has 0 aliphatic carbocycles. The molecule has 0 aliphatic rings. The molecule has 0 radical (unpaired) electrons. The summed E-state index contributed by atoms with van der Waals surface area (Å²) in [5, 5.41) is 8.74. The average Bonchev–Trinajstić information content (AvgIpc) is 2.28. The van der Waals surface area contributed by atoms with Gasteiger partial charge in [0, 0.05) is 6.04 Å². The second-order valence-corrected chi connectivity index (χ2v) is 6.44. The van der Waals surface area contributed by atoms with Crippen LogP contribution in [0, 0.1) is 25.2 Å². The van der Waals surface area contributed by atoms with E-state index in [2.05, 4.69) is 0 Å². The maximum Gasteiger partial charge on any atom is 0.244 e. The van der Waals surface area contributed by atoms with Gasteiger partial charge in [0.15, 0.2) is 0 Å². The molecule has 5 heteroatoms. The van der Waals surface area contributed by atoms with Crippen molar-refractivity contribution in [3.63, 3.8) is 0 Å². The minimum absolute atomic E-state index is 0.132. The highest BCUT2D eigenvalue weighted by molar-refractivity contribution is 7.89. The van der Waals surface area contributed by atoms with E-state index in [1.807, 2.05) is 19.9 Å². The number of nitrogens with zero attached hydrogens (tertiary/aromatic N) is 2. The monoisotopic (exact) mass is 266 g/mol. The van der Waals surface area contributed by atoms with Crippen LogP contribution in [-0.2, 0) is 10.0 Å². The molecule has 0 bridgehead atoms. The van der Waals surface area contributed by atoms with Crippen LogP contribution in [0.4, 0.5) is 0 Å². The molecule has 0 aromatic heterocycles. The summed E-state index contributed by atoms with van der Waals surface area (Å²) in [6, 6.07) is 6.68. The van der Waals surface area contributed by atoms with Crippen molar-refractivity contribution in [2.75, 3.05) is 6.54 Å². The highest BCUT2D eigenvalue weighted by Gasteiger charge is 2.26. The van der Waals surface area contributed by atoms with Gasteiger partial charge in [-0.25, -0.2) is 8.42 Å². The van der Waals surface area contributed by atoms with Crippen LogP contribution in [0.25, 0.3) is 0 Å². The molecule has 18 heavy (non-hydrogen) atoms. The molecule has 0 aliphatic heterocycles. The van der Waals surface area contributed by atoms with Crippen LogP contribution in [0.1, 0.15) is 25.0 Å². The van der Waals surface area contributed by atoms with Crippen LogP contribution in [-0.4, -0.2) is 25.3 Å². The molecule has 0 atom stereocenters. The van der Waals surface area contributed by atoms with E-state index in [4.69, 9.17) is 5.26 Å². The smallest absolute Gasteiger partial charge is 0.207 e. The van der Waals surface area contributed by atoms with Gasteiger partial charge in [-0.2, -0.15) is 9.57 Å². The van der Waals surface area contributed by atoms with Gasteiger partial charge in [-0.1, -0.05) is 6.07 Å². The fraction of sp³-hybridized carbons (Fsp3) is 0.462. The van der Waals surface area contributed by atoms with Crippen LogP contribution in [0.3, 0.4) is 0 Å². The molecule has 0 saturated carbocycles. The second kappa shape index (κ2) is 5.51. The fourth-order valence-electron chi connectivity index (χ4n) is 1.62. The molecule has 0 N–H and O–H groups in total. The quantitative estimate of drug-likeness (QED) is 0.785. The number of nitriles is 1. The lowest BCUT2D eigenvalue weighted by Crippen LogP contribution is -2.37. The Bertz CT molecular complexity index is 571. The van der Waals surface area contributed by atoms with E-state index in [0.29, 0.717) is 0 Å². The molecule has 1 aromatic carbocycles. The van der Waals surface area contributed by atoms with Crippen molar-refractivity contribution in [2.24, 2.45) is 0 Å². The molecule has 1 rings (SSSR count). The molecule has 98 valence electrons. The Morgan fingerprint density at radius 1 is 1.28 bits per heavy atom. The van der Waals surface area contributed by atoms with Crippen LogP contribution < -0.4 is 0 Å². The molecule has 0 fully saturated rings. The third-order valence-corrected chi connectivity index (χ3v) is 4.91. The van der Waals surface area contributed by atoms with E-state index in [-0.39, 0.29) is 17.5 Å². The molecule has 4 nitrogen and oxygen atoms in total. The first-order valence-electron chi connectivity index (χ1n) is 5.76. The maximum atomic E-state index is 12.4. The van der Waals surface area contributed by atoms with Crippen LogP contribution in [0.2, 0.25) is 0 Å². The molecule has 0 saturated heterocycles. The third kappa shape index (κ3) is 2.89. The zero-order valence-corrected chi connectivity index (χ0v) is 12.0. The summed E-state index contributed by atoms with van der Waals surface area (Å²) >= 11 is 0. The number of sulfonamides is 1. The Hall–Kier alpha value is -1.38. The van der Waals surface area contributed by atoms with Gasteiger partial charge in [-0.15, -0.1) is 0 Å². The maximum absolute atomic E-state index is 12.4. The predicted octanol–water partition coefficient (Wildman–Crippen LogP) is 2.23. The largest absolute Gasteiger partial charge is 0.244 e. The number of rotatable bonds is 4. The number of aryl methyl sites for hydroxylation is 2. The molecule has 0 unspecified atom stereocenters. The van der Waals surface area contributed by atoms with Crippen molar-refractivity contribution < 1.29 is 8.42 Å². The normalized spacial score (nSPS) is 11.8. The first kappa shape index (κ1) is 14.7. The summed E-state index contributed by atoms with van der Waals surface area (Å²) in [4.78, 5) is 0.245. The highest BCUT2D eigenvalue weighted by atomic mass is 32.2. The van der Waals surface area contributed by atoms with Gasteiger partial charge >= 0.3 is 0 Å². The van der Waals surface area contributed by atoms with Crippen molar-refractivity contribution in [1.29, 1.82) is 5.26 Å². The Labute approximate surface area is 109 Å². The minimum atomic E-state index is -3.59. The molecule has 0 heterocycles. The van der Waals surface area contributed by atoms with Crippen LogP contribution >= 0.6 is 0 Å². The third-order valence-electron chi connectivity index (χ3n) is 2.89. The first-order chi connectivity index (χ1) is 8.30. The number of benzene rings is 1. The fourth-order valence-corrected chi connectivity index (χ4v) is 3.24. The SMILES string of the molecule is Cc1ccc(S(=O)(=O)N(CC#N)C(C)C)cc1C. The van der Waals surface area contributed by atoms with Gasteiger partial charge in [0.1, 0.15) is 6.54 Å². The van der Waals surface area contributed by atoms with Gasteiger partial charge in [-0.3, -0.25) is 0 Å². The topological polar surface area (TPSA) is 61.2 Å². The zero-order chi connectivity index (χ0) is 13.9. The average molecular weight is 266 g/mol. The zero-order valence-electron chi connectivity index (χ0n) is 11.1. The van der Waals surface area contributed by atoms with E-state index < -0.39 is 10.0 Å². The van der Waals surface area contributed by atoms with Crippen molar-refractivity contribution in [3.8, 4) is 6.07 Å². The second-order valence-electron chi connectivity index (χ2n) is 4.55. The van der Waals surface area contributed by atoms with Crippen molar-refractivity contribution in [2.45, 2.75) is 38.6 Å². The van der Waals surface area contributed by atoms with E-state index in [1.165, 1.54) is 4.31 Å². The van der Waals surface area contributed by atoms with E-state index in [0.717, 1.165) is 11.1 Å². The van der Waals surface area contributed by atoms with Gasteiger partial charge in [0.25, 0.3) is 0 Å². The number of hydrogen-bond acceptors (Lipinski definition) is 3. The van der Waals surface area contributed by atoms with E-state index >= 15 is 0 Å². The summed E-state index contributed by atoms with van der Waals surface area (Å²) in [6.45, 7) is 7.19. The first-order valence-corrected chi connectivity index (χ1v) is 7.20. The van der Waals surface area contributed by atoms with E-state index in [9.17, 15) is 8.42 Å². The predicted molar refractivity (Wildman–Crippen MR) is 70.6 cm³/mol. The van der Waals surface area contributed by atoms with Crippen LogP contribution in [0.5, 0.6) is 0 Å². The molecule has 1 aromatic rings. The van der Waals surface area contributed by atoms with Crippen molar-refractivity contribution in [3.05, 3.63) is 29.3 Å². The Morgan fingerprint density at radius 2 is 1.89 bits per heavy atom.